The van der Waals surface area contributed by atoms with Gasteiger partial charge in [0.2, 0.25) is 0 Å². The highest BCUT2D eigenvalue weighted by atomic mass is 32.2. The number of nitrogens with zero attached hydrogens (tertiary/aromatic N) is 1. The Hall–Kier alpha value is 0.230. The van der Waals surface area contributed by atoms with Crippen LogP contribution >= 0.6 is 11.8 Å². The number of ether oxygens (including phenoxy) is 1. The van der Waals surface area contributed by atoms with Gasteiger partial charge in [0.15, 0.2) is 0 Å². The Morgan fingerprint density at radius 1 is 1.24 bits per heavy atom. The molecule has 0 spiro atoms. The molecule has 0 bridgehead atoms. The number of unbranched alkanes of at least 4 members (excludes halogenated alkanes) is 1. The van der Waals surface area contributed by atoms with Gasteiger partial charge in [-0.15, -0.1) is 0 Å². The van der Waals surface area contributed by atoms with Gasteiger partial charge in [-0.3, -0.25) is 0 Å². The van der Waals surface area contributed by atoms with E-state index in [1.54, 1.807) is 0 Å². The first-order chi connectivity index (χ1) is 8.24. The molecule has 0 amide bonds. The summed E-state index contributed by atoms with van der Waals surface area (Å²) < 4.78 is 5.38. The van der Waals surface area contributed by atoms with Crippen LogP contribution in [0.25, 0.3) is 0 Å². The molecule has 0 saturated heterocycles. The lowest BCUT2D eigenvalue weighted by molar-refractivity contribution is 0.0473. The average molecular weight is 263 g/mol. The molecule has 0 heterocycles. The molecule has 0 fully saturated rings. The van der Waals surface area contributed by atoms with E-state index in [4.69, 9.17) is 4.74 Å². The molecule has 0 aromatic carbocycles. The summed E-state index contributed by atoms with van der Waals surface area (Å²) in [6.45, 7) is 11.1. The van der Waals surface area contributed by atoms with Crippen LogP contribution in [0.4, 0.5) is 0 Å². The van der Waals surface area contributed by atoms with Crippen LogP contribution in [0.3, 0.4) is 0 Å². The Labute approximate surface area is 111 Å². The zero-order valence-electron chi connectivity index (χ0n) is 11.7. The molecular weight excluding hydrogens is 234 g/mol. The minimum atomic E-state index is -0.312. The lowest BCUT2D eigenvalue weighted by Crippen LogP contribution is -2.26. The first kappa shape index (κ1) is 17.2. The summed E-state index contributed by atoms with van der Waals surface area (Å²) >= 11 is 1.81. The average Bonchev–Trinajstić information content (AvgIpc) is 2.35. The van der Waals surface area contributed by atoms with Gasteiger partial charge in [-0.1, -0.05) is 27.2 Å². The van der Waals surface area contributed by atoms with Gasteiger partial charge >= 0.3 is 0 Å². The van der Waals surface area contributed by atoms with Crippen LogP contribution in [0, 0.1) is 0 Å². The Balaban J connectivity index is 3.29. The molecule has 0 aliphatic heterocycles. The van der Waals surface area contributed by atoms with Crippen molar-refractivity contribution in [1.82, 2.24) is 4.90 Å². The molecule has 0 radical (unpaired) electrons. The molecule has 4 heteroatoms. The summed E-state index contributed by atoms with van der Waals surface area (Å²) in [5.41, 5.74) is 0. The van der Waals surface area contributed by atoms with E-state index in [1.165, 1.54) is 0 Å². The van der Waals surface area contributed by atoms with E-state index in [2.05, 4.69) is 25.7 Å². The molecule has 1 unspecified atom stereocenters. The number of hydrogen-bond donors (Lipinski definition) is 1. The molecule has 0 aliphatic rings. The minimum Gasteiger partial charge on any atom is -0.390 e. The van der Waals surface area contributed by atoms with Gasteiger partial charge in [-0.2, -0.15) is 11.8 Å². The van der Waals surface area contributed by atoms with E-state index in [-0.39, 0.29) is 6.10 Å². The van der Waals surface area contributed by atoms with E-state index in [9.17, 15) is 5.11 Å². The summed E-state index contributed by atoms with van der Waals surface area (Å²) in [5.74, 6) is 1.88. The van der Waals surface area contributed by atoms with Crippen LogP contribution in [0.5, 0.6) is 0 Å². The maximum Gasteiger partial charge on any atom is 0.0863 e. The van der Waals surface area contributed by atoms with Crippen LogP contribution in [-0.2, 0) is 4.74 Å². The van der Waals surface area contributed by atoms with Gasteiger partial charge in [-0.05, 0) is 19.5 Å². The number of aliphatic hydroxyl groups excluding tert-OH is 1. The Morgan fingerprint density at radius 2 is 1.94 bits per heavy atom. The highest BCUT2D eigenvalue weighted by Crippen LogP contribution is 2.04. The number of thioether (sulfide) groups is 1. The standard InChI is InChI=1S/C13H29NO2S/c1-4-7-9-16-11-13(15)12-17-10-8-14(5-2)6-3/h13,15H,4-12H2,1-3H3. The number of aliphatic hydroxyl groups is 1. The van der Waals surface area contributed by atoms with Crippen molar-refractivity contribution in [3.8, 4) is 0 Å². The van der Waals surface area contributed by atoms with Crippen LogP contribution in [0.15, 0.2) is 0 Å². The van der Waals surface area contributed by atoms with Crippen LogP contribution in [0.2, 0.25) is 0 Å². The second-order valence-corrected chi connectivity index (χ2v) is 5.33. The third kappa shape index (κ3) is 11.1. The maximum absolute atomic E-state index is 9.67. The highest BCUT2D eigenvalue weighted by Gasteiger charge is 2.05. The van der Waals surface area contributed by atoms with Crippen molar-refractivity contribution in [1.29, 1.82) is 0 Å². The highest BCUT2D eigenvalue weighted by molar-refractivity contribution is 7.99. The molecule has 1 atom stereocenters. The summed E-state index contributed by atoms with van der Waals surface area (Å²) in [7, 11) is 0. The van der Waals surface area contributed by atoms with Crippen molar-refractivity contribution >= 4 is 11.8 Å². The summed E-state index contributed by atoms with van der Waals surface area (Å²) in [6.07, 6.45) is 1.92. The van der Waals surface area contributed by atoms with Gasteiger partial charge in [0.25, 0.3) is 0 Å². The topological polar surface area (TPSA) is 32.7 Å². The summed E-state index contributed by atoms with van der Waals surface area (Å²) in [4.78, 5) is 2.40. The van der Waals surface area contributed by atoms with E-state index in [0.29, 0.717) is 6.61 Å². The molecule has 0 rings (SSSR count). The van der Waals surface area contributed by atoms with Crippen molar-refractivity contribution in [2.75, 3.05) is 44.4 Å². The normalized spacial score (nSPS) is 13.2. The van der Waals surface area contributed by atoms with Gasteiger partial charge in [0.1, 0.15) is 0 Å². The first-order valence-electron chi connectivity index (χ1n) is 6.80. The van der Waals surface area contributed by atoms with E-state index >= 15 is 0 Å². The fourth-order valence-corrected chi connectivity index (χ4v) is 2.39. The lowest BCUT2D eigenvalue weighted by Gasteiger charge is -2.18. The van der Waals surface area contributed by atoms with Gasteiger partial charge in [0.05, 0.1) is 12.7 Å². The fourth-order valence-electron chi connectivity index (χ4n) is 1.47. The quantitative estimate of drug-likeness (QED) is 0.547. The van der Waals surface area contributed by atoms with Crippen molar-refractivity contribution in [2.45, 2.75) is 39.7 Å². The monoisotopic (exact) mass is 263 g/mol. The Bertz CT molecular complexity index is 154. The van der Waals surface area contributed by atoms with Crippen LogP contribution < -0.4 is 0 Å². The zero-order chi connectivity index (χ0) is 12.9. The molecule has 17 heavy (non-hydrogen) atoms. The third-order valence-corrected chi connectivity index (χ3v) is 3.80. The molecule has 0 aliphatic carbocycles. The smallest absolute Gasteiger partial charge is 0.0863 e. The summed E-state index contributed by atoms with van der Waals surface area (Å²) in [6, 6.07) is 0. The molecule has 3 nitrogen and oxygen atoms in total. The van der Waals surface area contributed by atoms with E-state index in [0.717, 1.165) is 50.6 Å². The second-order valence-electron chi connectivity index (χ2n) is 4.18. The predicted molar refractivity (Wildman–Crippen MR) is 76.8 cm³/mol. The van der Waals surface area contributed by atoms with Crippen LogP contribution in [0.1, 0.15) is 33.6 Å². The predicted octanol–water partition coefficient (Wildman–Crippen LogP) is 2.24. The molecule has 1 N–H and O–H groups in total. The minimum absolute atomic E-state index is 0.312. The van der Waals surface area contributed by atoms with Gasteiger partial charge in [-0.25, -0.2) is 0 Å². The van der Waals surface area contributed by atoms with Gasteiger partial charge < -0.3 is 14.7 Å². The Kier molecular flexibility index (Phi) is 12.9. The van der Waals surface area contributed by atoms with Crippen molar-refractivity contribution < 1.29 is 9.84 Å². The SMILES string of the molecule is CCCCOCC(O)CSCCN(CC)CC. The molecule has 0 aromatic rings. The Morgan fingerprint density at radius 3 is 2.53 bits per heavy atom. The largest absolute Gasteiger partial charge is 0.390 e. The number of rotatable bonds is 12. The number of hydrogen-bond acceptors (Lipinski definition) is 4. The molecule has 0 aromatic heterocycles. The van der Waals surface area contributed by atoms with E-state index in [1.807, 2.05) is 11.8 Å². The van der Waals surface area contributed by atoms with E-state index < -0.39 is 0 Å². The second kappa shape index (κ2) is 12.7. The molecule has 0 saturated carbocycles. The first-order valence-corrected chi connectivity index (χ1v) is 7.95. The lowest BCUT2D eigenvalue weighted by atomic mass is 10.3. The van der Waals surface area contributed by atoms with Crippen molar-refractivity contribution in [2.24, 2.45) is 0 Å². The van der Waals surface area contributed by atoms with Crippen molar-refractivity contribution in [3.63, 3.8) is 0 Å². The van der Waals surface area contributed by atoms with Crippen molar-refractivity contribution in [3.05, 3.63) is 0 Å². The van der Waals surface area contributed by atoms with Gasteiger partial charge in [0, 0.05) is 24.7 Å². The maximum atomic E-state index is 9.67. The zero-order valence-corrected chi connectivity index (χ0v) is 12.5. The molecule has 104 valence electrons. The molecular formula is C13H29NO2S. The fraction of sp³-hybridized carbons (Fsp3) is 1.00. The van der Waals surface area contributed by atoms with Crippen LogP contribution in [-0.4, -0.2) is 60.5 Å². The third-order valence-electron chi connectivity index (χ3n) is 2.71. The summed E-state index contributed by atoms with van der Waals surface area (Å²) in [5, 5.41) is 9.67.